The van der Waals surface area contributed by atoms with Gasteiger partial charge >= 0.3 is 0 Å². The molecule has 0 radical (unpaired) electrons. The fourth-order valence-corrected chi connectivity index (χ4v) is 2.49. The van der Waals surface area contributed by atoms with Gasteiger partial charge in [0.1, 0.15) is 18.1 Å². The van der Waals surface area contributed by atoms with Crippen LogP contribution in [0, 0.1) is 0 Å². The molecule has 0 aromatic heterocycles. The normalized spacial score (nSPS) is 11.4. The van der Waals surface area contributed by atoms with Crippen LogP contribution in [0.4, 0.5) is 5.69 Å². The third-order valence-corrected chi connectivity index (χ3v) is 4.45. The van der Waals surface area contributed by atoms with Gasteiger partial charge < -0.3 is 14.8 Å². The Morgan fingerprint density at radius 1 is 0.920 bits per heavy atom. The van der Waals surface area contributed by atoms with E-state index in [9.17, 15) is 0 Å². The van der Waals surface area contributed by atoms with E-state index in [4.69, 9.17) is 9.47 Å². The lowest BCUT2D eigenvalue weighted by atomic mass is 9.82. The molecule has 3 nitrogen and oxygen atoms in total. The van der Waals surface area contributed by atoms with Gasteiger partial charge in [-0.1, -0.05) is 32.9 Å². The molecule has 25 heavy (non-hydrogen) atoms. The second kappa shape index (κ2) is 8.80. The molecule has 1 N–H and O–H groups in total. The smallest absolute Gasteiger partial charge is 0.119 e. The largest absolute Gasteiger partial charge is 0.492 e. The Morgan fingerprint density at radius 3 is 2.08 bits per heavy atom. The number of hydrogen-bond acceptors (Lipinski definition) is 3. The summed E-state index contributed by atoms with van der Waals surface area (Å²) in [7, 11) is 0. The maximum atomic E-state index is 5.82. The van der Waals surface area contributed by atoms with Crippen molar-refractivity contribution in [3.8, 4) is 11.5 Å². The predicted octanol–water partition coefficient (Wildman–Crippen LogP) is 5.65. The van der Waals surface area contributed by atoms with E-state index in [0.717, 1.165) is 30.2 Å². The standard InChI is InChI=1S/C22H31NO2/c1-6-22(4,5)18-7-11-20(12-8-18)24-16-15-23-19-9-13-21(14-10-19)25-17(2)3/h7-14,17,23H,6,15-16H2,1-5H3. The molecule has 136 valence electrons. The van der Waals surface area contributed by atoms with Gasteiger partial charge in [-0.05, 0) is 67.6 Å². The zero-order valence-corrected chi connectivity index (χ0v) is 16.1. The van der Waals surface area contributed by atoms with Gasteiger partial charge in [0.15, 0.2) is 0 Å². The van der Waals surface area contributed by atoms with Crippen LogP contribution in [0.5, 0.6) is 11.5 Å². The maximum Gasteiger partial charge on any atom is 0.119 e. The van der Waals surface area contributed by atoms with Crippen LogP contribution in [-0.2, 0) is 5.41 Å². The molecule has 0 bridgehead atoms. The highest BCUT2D eigenvalue weighted by molar-refractivity contribution is 5.46. The average Bonchev–Trinajstić information content (AvgIpc) is 2.60. The molecule has 2 rings (SSSR count). The average molecular weight is 341 g/mol. The topological polar surface area (TPSA) is 30.5 Å². The minimum Gasteiger partial charge on any atom is -0.492 e. The van der Waals surface area contributed by atoms with E-state index >= 15 is 0 Å². The summed E-state index contributed by atoms with van der Waals surface area (Å²) in [6, 6.07) is 16.5. The van der Waals surface area contributed by atoms with Crippen LogP contribution in [0.2, 0.25) is 0 Å². The Hall–Kier alpha value is -2.16. The summed E-state index contributed by atoms with van der Waals surface area (Å²) in [5.41, 5.74) is 2.63. The minimum absolute atomic E-state index is 0.196. The first kappa shape index (κ1) is 19.2. The molecular formula is C22H31NO2. The summed E-state index contributed by atoms with van der Waals surface area (Å²) in [4.78, 5) is 0. The van der Waals surface area contributed by atoms with Crippen LogP contribution in [0.1, 0.15) is 46.6 Å². The van der Waals surface area contributed by atoms with Crippen LogP contribution in [0.3, 0.4) is 0 Å². The van der Waals surface area contributed by atoms with Crippen molar-refractivity contribution in [1.29, 1.82) is 0 Å². The highest BCUT2D eigenvalue weighted by Gasteiger charge is 2.17. The third-order valence-electron chi connectivity index (χ3n) is 4.45. The van der Waals surface area contributed by atoms with Crippen molar-refractivity contribution in [1.82, 2.24) is 0 Å². The summed E-state index contributed by atoms with van der Waals surface area (Å²) in [5.74, 6) is 1.81. The van der Waals surface area contributed by atoms with E-state index in [1.807, 2.05) is 38.1 Å². The molecule has 2 aromatic rings. The Labute approximate surface area is 152 Å². The summed E-state index contributed by atoms with van der Waals surface area (Å²) < 4.78 is 11.5. The first-order valence-corrected chi connectivity index (χ1v) is 9.14. The molecule has 0 heterocycles. The van der Waals surface area contributed by atoms with E-state index in [1.54, 1.807) is 0 Å². The van der Waals surface area contributed by atoms with Gasteiger partial charge in [0, 0.05) is 12.2 Å². The number of anilines is 1. The zero-order valence-electron chi connectivity index (χ0n) is 16.1. The summed E-state index contributed by atoms with van der Waals surface area (Å²) in [6.07, 6.45) is 1.32. The number of nitrogens with one attached hydrogen (secondary N) is 1. The SMILES string of the molecule is CCC(C)(C)c1ccc(OCCNc2ccc(OC(C)C)cc2)cc1. The van der Waals surface area contributed by atoms with Crippen molar-refractivity contribution >= 4 is 5.69 Å². The first-order chi connectivity index (χ1) is 11.9. The van der Waals surface area contributed by atoms with E-state index in [1.165, 1.54) is 5.56 Å². The van der Waals surface area contributed by atoms with Crippen LogP contribution in [0.25, 0.3) is 0 Å². The molecule has 0 aliphatic rings. The quantitative estimate of drug-likeness (QED) is 0.598. The molecule has 0 atom stereocenters. The summed E-state index contributed by atoms with van der Waals surface area (Å²) in [6.45, 7) is 12.2. The zero-order chi connectivity index (χ0) is 18.3. The molecule has 0 saturated carbocycles. The molecular weight excluding hydrogens is 310 g/mol. The number of rotatable bonds is 9. The van der Waals surface area contributed by atoms with E-state index in [-0.39, 0.29) is 11.5 Å². The van der Waals surface area contributed by atoms with Gasteiger partial charge in [0.05, 0.1) is 6.10 Å². The Balaban J connectivity index is 1.75. The molecule has 0 fully saturated rings. The molecule has 3 heteroatoms. The van der Waals surface area contributed by atoms with Crippen molar-refractivity contribution < 1.29 is 9.47 Å². The van der Waals surface area contributed by atoms with E-state index in [0.29, 0.717) is 6.61 Å². The van der Waals surface area contributed by atoms with Crippen molar-refractivity contribution in [2.24, 2.45) is 0 Å². The van der Waals surface area contributed by atoms with Gasteiger partial charge in [-0.25, -0.2) is 0 Å². The Morgan fingerprint density at radius 2 is 1.52 bits per heavy atom. The third kappa shape index (κ3) is 6.00. The molecule has 0 spiro atoms. The van der Waals surface area contributed by atoms with Crippen molar-refractivity contribution in [2.75, 3.05) is 18.5 Å². The molecule has 0 aliphatic carbocycles. The minimum atomic E-state index is 0.196. The van der Waals surface area contributed by atoms with Crippen LogP contribution in [0.15, 0.2) is 48.5 Å². The van der Waals surface area contributed by atoms with Crippen molar-refractivity contribution in [2.45, 2.75) is 52.6 Å². The van der Waals surface area contributed by atoms with Crippen LogP contribution < -0.4 is 14.8 Å². The maximum absolute atomic E-state index is 5.82. The van der Waals surface area contributed by atoms with Crippen LogP contribution >= 0.6 is 0 Å². The highest BCUT2D eigenvalue weighted by Crippen LogP contribution is 2.28. The van der Waals surface area contributed by atoms with Gasteiger partial charge in [-0.15, -0.1) is 0 Å². The lowest BCUT2D eigenvalue weighted by molar-refractivity contribution is 0.242. The predicted molar refractivity (Wildman–Crippen MR) is 106 cm³/mol. The van der Waals surface area contributed by atoms with Crippen molar-refractivity contribution in [3.05, 3.63) is 54.1 Å². The van der Waals surface area contributed by atoms with Gasteiger partial charge in [0.25, 0.3) is 0 Å². The molecule has 0 aliphatic heterocycles. The lowest BCUT2D eigenvalue weighted by Crippen LogP contribution is -2.15. The van der Waals surface area contributed by atoms with E-state index in [2.05, 4.69) is 50.4 Å². The van der Waals surface area contributed by atoms with Gasteiger partial charge in [-0.3, -0.25) is 0 Å². The second-order valence-corrected chi connectivity index (χ2v) is 7.23. The number of benzene rings is 2. The number of ether oxygens (including phenoxy) is 2. The fourth-order valence-electron chi connectivity index (χ4n) is 2.49. The fraction of sp³-hybridized carbons (Fsp3) is 0.455. The Bertz CT molecular complexity index is 630. The number of hydrogen-bond donors (Lipinski definition) is 1. The van der Waals surface area contributed by atoms with Crippen molar-refractivity contribution in [3.63, 3.8) is 0 Å². The second-order valence-electron chi connectivity index (χ2n) is 7.23. The molecule has 0 unspecified atom stereocenters. The monoisotopic (exact) mass is 341 g/mol. The molecule has 2 aromatic carbocycles. The first-order valence-electron chi connectivity index (χ1n) is 9.14. The molecule has 0 saturated heterocycles. The highest BCUT2D eigenvalue weighted by atomic mass is 16.5. The molecule has 0 amide bonds. The van der Waals surface area contributed by atoms with Gasteiger partial charge in [-0.2, -0.15) is 0 Å². The van der Waals surface area contributed by atoms with Crippen LogP contribution in [-0.4, -0.2) is 19.3 Å². The summed E-state index contributed by atoms with van der Waals surface area (Å²) >= 11 is 0. The Kier molecular flexibility index (Phi) is 6.74. The van der Waals surface area contributed by atoms with E-state index < -0.39 is 0 Å². The van der Waals surface area contributed by atoms with Gasteiger partial charge in [0.2, 0.25) is 0 Å². The lowest BCUT2D eigenvalue weighted by Gasteiger charge is -2.23. The summed E-state index contributed by atoms with van der Waals surface area (Å²) in [5, 5.41) is 3.36.